The van der Waals surface area contributed by atoms with Crippen LogP contribution in [0.3, 0.4) is 0 Å². The number of ether oxygens (including phenoxy) is 2. The van der Waals surface area contributed by atoms with Crippen molar-refractivity contribution in [2.45, 2.75) is 0 Å². The molecule has 5 nitrogen and oxygen atoms in total. The molecule has 0 unspecified atom stereocenters. The van der Waals surface area contributed by atoms with Gasteiger partial charge in [-0.1, -0.05) is 15.9 Å². The number of halogens is 1. The van der Waals surface area contributed by atoms with Gasteiger partial charge in [0.05, 0.1) is 7.11 Å². The van der Waals surface area contributed by atoms with Gasteiger partial charge in [-0.15, -0.1) is 0 Å². The molecule has 0 saturated heterocycles. The molecule has 98 valence electrons. The summed E-state index contributed by atoms with van der Waals surface area (Å²) < 4.78 is 10.7. The second kappa shape index (κ2) is 7.00. The summed E-state index contributed by atoms with van der Waals surface area (Å²) in [4.78, 5) is 23.8. The van der Waals surface area contributed by atoms with Crippen molar-refractivity contribution < 1.29 is 19.1 Å². The molecule has 1 amide bonds. The molecule has 0 heterocycles. The third-order valence-corrected chi connectivity index (χ3v) is 2.72. The van der Waals surface area contributed by atoms with Crippen LogP contribution in [-0.2, 0) is 14.3 Å². The molecule has 1 aromatic carbocycles. The van der Waals surface area contributed by atoms with E-state index in [0.717, 1.165) is 4.47 Å². The standard InChI is InChI=1S/C12H14BrNO4/c1-14(7-12(16)17-2)11(15)8-18-10-5-3-9(13)4-6-10/h3-6H,7-8H2,1-2H3. The zero-order valence-corrected chi connectivity index (χ0v) is 11.8. The SMILES string of the molecule is COC(=O)CN(C)C(=O)COc1ccc(Br)cc1. The average molecular weight is 316 g/mol. The normalized spacial score (nSPS) is 9.72. The van der Waals surface area contributed by atoms with Gasteiger partial charge in [0.25, 0.3) is 5.91 Å². The van der Waals surface area contributed by atoms with Crippen molar-refractivity contribution in [3.05, 3.63) is 28.7 Å². The number of benzene rings is 1. The summed E-state index contributed by atoms with van der Waals surface area (Å²) in [6.07, 6.45) is 0. The predicted molar refractivity (Wildman–Crippen MR) is 69.3 cm³/mol. The molecular formula is C12H14BrNO4. The lowest BCUT2D eigenvalue weighted by Gasteiger charge is -2.15. The maximum atomic E-state index is 11.6. The molecule has 0 radical (unpaired) electrons. The lowest BCUT2D eigenvalue weighted by molar-refractivity contribution is -0.146. The molecule has 0 fully saturated rings. The van der Waals surface area contributed by atoms with E-state index in [9.17, 15) is 9.59 Å². The monoisotopic (exact) mass is 315 g/mol. The van der Waals surface area contributed by atoms with Gasteiger partial charge < -0.3 is 14.4 Å². The van der Waals surface area contributed by atoms with Crippen LogP contribution in [0.2, 0.25) is 0 Å². The van der Waals surface area contributed by atoms with Crippen molar-refractivity contribution in [2.75, 3.05) is 27.3 Å². The Labute approximate surface area is 114 Å². The Balaban J connectivity index is 2.41. The Bertz CT molecular complexity index is 419. The highest BCUT2D eigenvalue weighted by Crippen LogP contribution is 2.15. The first-order valence-corrected chi connectivity index (χ1v) is 6.01. The van der Waals surface area contributed by atoms with Gasteiger partial charge in [-0.05, 0) is 24.3 Å². The molecule has 0 spiro atoms. The number of carbonyl (C=O) groups excluding carboxylic acids is 2. The first-order valence-electron chi connectivity index (χ1n) is 5.22. The first-order chi connectivity index (χ1) is 8.52. The predicted octanol–water partition coefficient (Wildman–Crippen LogP) is 1.46. The lowest BCUT2D eigenvalue weighted by atomic mass is 10.3. The minimum absolute atomic E-state index is 0.0843. The van der Waals surface area contributed by atoms with Crippen LogP contribution in [0.5, 0.6) is 5.75 Å². The van der Waals surface area contributed by atoms with Gasteiger partial charge in [0, 0.05) is 11.5 Å². The van der Waals surface area contributed by atoms with Crippen LogP contribution in [-0.4, -0.2) is 44.1 Å². The first kappa shape index (κ1) is 14.5. The third kappa shape index (κ3) is 4.75. The van der Waals surface area contributed by atoms with Crippen molar-refractivity contribution in [3.8, 4) is 5.75 Å². The maximum absolute atomic E-state index is 11.6. The smallest absolute Gasteiger partial charge is 0.325 e. The summed E-state index contributed by atoms with van der Waals surface area (Å²) in [6.45, 7) is -0.200. The van der Waals surface area contributed by atoms with E-state index in [-0.39, 0.29) is 19.1 Å². The van der Waals surface area contributed by atoms with E-state index in [1.165, 1.54) is 19.1 Å². The van der Waals surface area contributed by atoms with Crippen molar-refractivity contribution in [1.29, 1.82) is 0 Å². The Hall–Kier alpha value is -1.56. The fourth-order valence-electron chi connectivity index (χ4n) is 1.13. The van der Waals surface area contributed by atoms with Crippen LogP contribution in [0.4, 0.5) is 0 Å². The van der Waals surface area contributed by atoms with Crippen LogP contribution in [0.15, 0.2) is 28.7 Å². The molecule has 0 aliphatic heterocycles. The number of likely N-dealkylation sites (N-methyl/N-ethyl adjacent to an activating group) is 1. The number of nitrogens with zero attached hydrogens (tertiary/aromatic N) is 1. The van der Waals surface area contributed by atoms with E-state index in [0.29, 0.717) is 5.75 Å². The Morgan fingerprint density at radius 1 is 1.28 bits per heavy atom. The van der Waals surface area contributed by atoms with E-state index >= 15 is 0 Å². The molecule has 0 aliphatic rings. The molecule has 0 N–H and O–H groups in total. The third-order valence-electron chi connectivity index (χ3n) is 2.20. The van der Waals surface area contributed by atoms with Gasteiger partial charge in [0.2, 0.25) is 0 Å². The highest BCUT2D eigenvalue weighted by Gasteiger charge is 2.13. The number of rotatable bonds is 5. The number of hydrogen-bond acceptors (Lipinski definition) is 4. The molecule has 1 rings (SSSR count). The molecule has 0 saturated carbocycles. The summed E-state index contributed by atoms with van der Waals surface area (Å²) in [7, 11) is 2.79. The largest absolute Gasteiger partial charge is 0.484 e. The topological polar surface area (TPSA) is 55.8 Å². The highest BCUT2D eigenvalue weighted by atomic mass is 79.9. The van der Waals surface area contributed by atoms with Crippen LogP contribution in [0.25, 0.3) is 0 Å². The fourth-order valence-corrected chi connectivity index (χ4v) is 1.40. The van der Waals surface area contributed by atoms with E-state index in [1.807, 2.05) is 12.1 Å². The molecule has 0 aromatic heterocycles. The zero-order chi connectivity index (χ0) is 13.5. The van der Waals surface area contributed by atoms with Gasteiger partial charge in [0.1, 0.15) is 12.3 Å². The lowest BCUT2D eigenvalue weighted by Crippen LogP contribution is -2.35. The maximum Gasteiger partial charge on any atom is 0.325 e. The second-order valence-corrected chi connectivity index (χ2v) is 4.48. The summed E-state index contributed by atoms with van der Waals surface area (Å²) in [5, 5.41) is 0. The van der Waals surface area contributed by atoms with E-state index in [2.05, 4.69) is 20.7 Å². The number of methoxy groups -OCH3 is 1. The molecule has 0 atom stereocenters. The van der Waals surface area contributed by atoms with Gasteiger partial charge >= 0.3 is 5.97 Å². The second-order valence-electron chi connectivity index (χ2n) is 3.57. The van der Waals surface area contributed by atoms with Crippen LogP contribution in [0, 0.1) is 0 Å². The highest BCUT2D eigenvalue weighted by molar-refractivity contribution is 9.10. The van der Waals surface area contributed by atoms with Crippen LogP contribution < -0.4 is 4.74 Å². The summed E-state index contributed by atoms with van der Waals surface area (Å²) in [6, 6.07) is 7.13. The number of amides is 1. The Morgan fingerprint density at radius 2 is 1.89 bits per heavy atom. The summed E-state index contributed by atoms with van der Waals surface area (Å²) in [5.74, 6) is -0.157. The van der Waals surface area contributed by atoms with Crippen molar-refractivity contribution >= 4 is 27.8 Å². The zero-order valence-electron chi connectivity index (χ0n) is 10.2. The van der Waals surface area contributed by atoms with Crippen LogP contribution in [0.1, 0.15) is 0 Å². The Morgan fingerprint density at radius 3 is 2.44 bits per heavy atom. The minimum atomic E-state index is -0.463. The summed E-state index contributed by atoms with van der Waals surface area (Å²) in [5.41, 5.74) is 0. The van der Waals surface area contributed by atoms with Crippen LogP contribution >= 0.6 is 15.9 Å². The number of esters is 1. The molecular weight excluding hydrogens is 302 g/mol. The quantitative estimate of drug-likeness (QED) is 0.772. The molecule has 0 bridgehead atoms. The van der Waals surface area contributed by atoms with E-state index < -0.39 is 5.97 Å². The van der Waals surface area contributed by atoms with Gasteiger partial charge in [-0.2, -0.15) is 0 Å². The van der Waals surface area contributed by atoms with Crippen molar-refractivity contribution in [3.63, 3.8) is 0 Å². The molecule has 18 heavy (non-hydrogen) atoms. The number of hydrogen-bond donors (Lipinski definition) is 0. The average Bonchev–Trinajstić information content (AvgIpc) is 2.37. The molecule has 6 heteroatoms. The Kier molecular flexibility index (Phi) is 5.64. The van der Waals surface area contributed by atoms with Gasteiger partial charge in [0.15, 0.2) is 6.61 Å². The van der Waals surface area contributed by atoms with Crippen molar-refractivity contribution in [1.82, 2.24) is 4.90 Å². The van der Waals surface area contributed by atoms with E-state index in [1.54, 1.807) is 12.1 Å². The molecule has 1 aromatic rings. The van der Waals surface area contributed by atoms with E-state index in [4.69, 9.17) is 4.74 Å². The van der Waals surface area contributed by atoms with Crippen molar-refractivity contribution in [2.24, 2.45) is 0 Å². The van der Waals surface area contributed by atoms with Gasteiger partial charge in [-0.25, -0.2) is 0 Å². The van der Waals surface area contributed by atoms with Gasteiger partial charge in [-0.3, -0.25) is 9.59 Å². The summed E-state index contributed by atoms with van der Waals surface area (Å²) >= 11 is 3.30. The fraction of sp³-hybridized carbons (Fsp3) is 0.333. The number of carbonyl (C=O) groups is 2. The minimum Gasteiger partial charge on any atom is -0.484 e. The molecule has 0 aliphatic carbocycles.